The van der Waals surface area contributed by atoms with Gasteiger partial charge in [0.2, 0.25) is 0 Å². The Hall–Kier alpha value is -4.71. The number of carbonyl (C=O) groups excluding carboxylic acids is 3. The second kappa shape index (κ2) is 62.8. The van der Waals surface area contributed by atoms with Gasteiger partial charge in [0.15, 0.2) is 6.10 Å². The second-order valence-corrected chi connectivity index (χ2v) is 19.9. The minimum Gasteiger partial charge on any atom is -0.462 e. The number of ether oxygens (including phenoxy) is 3. The first-order valence-corrected chi connectivity index (χ1v) is 30.8. The molecule has 0 saturated heterocycles. The van der Waals surface area contributed by atoms with E-state index in [-0.39, 0.29) is 37.5 Å². The van der Waals surface area contributed by atoms with Crippen LogP contribution in [0.3, 0.4) is 0 Å². The van der Waals surface area contributed by atoms with Crippen molar-refractivity contribution in [2.24, 2.45) is 0 Å². The van der Waals surface area contributed by atoms with Crippen LogP contribution in [0.2, 0.25) is 0 Å². The van der Waals surface area contributed by atoms with Crippen molar-refractivity contribution in [3.05, 3.63) is 146 Å². The Kier molecular flexibility index (Phi) is 58.9. The van der Waals surface area contributed by atoms with Gasteiger partial charge in [0.25, 0.3) is 0 Å². The Morgan fingerprint density at radius 1 is 0.276 bits per heavy atom. The number of esters is 3. The van der Waals surface area contributed by atoms with Crippen LogP contribution >= 0.6 is 0 Å². The number of unbranched alkanes of at least 4 members (excludes halogenated alkanes) is 19. The van der Waals surface area contributed by atoms with E-state index >= 15 is 0 Å². The van der Waals surface area contributed by atoms with Gasteiger partial charge in [-0.05, 0) is 141 Å². The predicted octanol–water partition coefficient (Wildman–Crippen LogP) is 21.2. The molecule has 0 N–H and O–H groups in total. The Balaban J connectivity index is 4.45. The zero-order valence-corrected chi connectivity index (χ0v) is 49.0. The highest BCUT2D eigenvalue weighted by Gasteiger charge is 2.19. The Labute approximate surface area is 467 Å². The molecular weight excluding hydrogens is 937 g/mol. The van der Waals surface area contributed by atoms with Crippen molar-refractivity contribution < 1.29 is 28.6 Å². The molecule has 0 rings (SSSR count). The zero-order valence-electron chi connectivity index (χ0n) is 49.0. The lowest BCUT2D eigenvalue weighted by Gasteiger charge is -2.18. The van der Waals surface area contributed by atoms with Crippen molar-refractivity contribution in [2.45, 2.75) is 264 Å². The average molecular weight is 1050 g/mol. The van der Waals surface area contributed by atoms with Gasteiger partial charge in [-0.15, -0.1) is 0 Å². The molecule has 0 spiro atoms. The van der Waals surface area contributed by atoms with E-state index in [0.29, 0.717) is 19.3 Å². The van der Waals surface area contributed by atoms with E-state index < -0.39 is 6.10 Å². The summed E-state index contributed by atoms with van der Waals surface area (Å²) in [6, 6.07) is 0. The summed E-state index contributed by atoms with van der Waals surface area (Å²) in [5.74, 6) is -0.991. The highest BCUT2D eigenvalue weighted by atomic mass is 16.6. The molecule has 0 aliphatic rings. The van der Waals surface area contributed by atoms with E-state index in [9.17, 15) is 14.4 Å². The minimum absolute atomic E-state index is 0.108. The van der Waals surface area contributed by atoms with Crippen LogP contribution in [0, 0.1) is 0 Å². The largest absolute Gasteiger partial charge is 0.462 e. The van der Waals surface area contributed by atoms with Gasteiger partial charge in [0.05, 0.1) is 0 Å². The van der Waals surface area contributed by atoms with Crippen LogP contribution in [0.1, 0.15) is 258 Å². The summed E-state index contributed by atoms with van der Waals surface area (Å²) in [5.41, 5.74) is 0. The summed E-state index contributed by atoms with van der Waals surface area (Å²) < 4.78 is 16.8. The minimum atomic E-state index is -0.815. The first-order valence-electron chi connectivity index (χ1n) is 30.8. The first-order chi connectivity index (χ1) is 37.5. The summed E-state index contributed by atoms with van der Waals surface area (Å²) >= 11 is 0. The molecule has 0 aromatic carbocycles. The number of carbonyl (C=O) groups is 3. The number of allylic oxidation sites excluding steroid dienone is 24. The second-order valence-electron chi connectivity index (χ2n) is 19.9. The first kappa shape index (κ1) is 71.3. The molecule has 428 valence electrons. The summed E-state index contributed by atoms with van der Waals surface area (Å²) in [7, 11) is 0. The van der Waals surface area contributed by atoms with Crippen LogP contribution in [0.25, 0.3) is 0 Å². The van der Waals surface area contributed by atoms with Crippen molar-refractivity contribution in [1.29, 1.82) is 0 Å². The Morgan fingerprint density at radius 3 is 0.868 bits per heavy atom. The predicted molar refractivity (Wildman–Crippen MR) is 329 cm³/mol. The third-order valence-corrected chi connectivity index (χ3v) is 12.5. The fourth-order valence-corrected chi connectivity index (χ4v) is 7.94. The lowest BCUT2D eigenvalue weighted by molar-refractivity contribution is -0.167. The standard InChI is InChI=1S/C70H112O6/c1-4-7-10-13-16-19-22-25-27-29-30-31-32-33-34-35-36-37-38-39-40-42-43-45-48-51-54-57-60-63-69(72)75-66-67(65-74-68(71)62-59-56-53-50-47-24-21-18-15-12-9-6-3)76-70(73)64-61-58-55-52-49-46-44-41-28-26-23-20-17-14-11-8-5-2/h7,10,16-21,25-28,30-31,33-34,36-37,39-40,43,45,51,54,67H,4-6,8-9,11-15,22-24,29,32,35,38,41-42,44,46-50,52-53,55-66H2,1-3H3/b10-7-,19-16-,20-17-,21-18-,27-25-,28-26-,31-30-,34-33-,37-36-,40-39-,45-43-,54-51-. The van der Waals surface area contributed by atoms with E-state index in [2.05, 4.69) is 167 Å². The van der Waals surface area contributed by atoms with Gasteiger partial charge in [-0.2, -0.15) is 0 Å². The molecule has 0 amide bonds. The maximum absolute atomic E-state index is 12.9. The van der Waals surface area contributed by atoms with Crippen LogP contribution in [0.4, 0.5) is 0 Å². The highest BCUT2D eigenvalue weighted by molar-refractivity contribution is 5.71. The molecule has 6 nitrogen and oxygen atoms in total. The van der Waals surface area contributed by atoms with E-state index in [1.165, 1.54) is 83.5 Å². The summed E-state index contributed by atoms with van der Waals surface area (Å²) in [4.78, 5) is 38.2. The van der Waals surface area contributed by atoms with Gasteiger partial charge in [-0.1, -0.05) is 244 Å². The maximum atomic E-state index is 12.9. The van der Waals surface area contributed by atoms with Gasteiger partial charge in [-0.3, -0.25) is 14.4 Å². The molecule has 0 saturated carbocycles. The van der Waals surface area contributed by atoms with Crippen molar-refractivity contribution in [1.82, 2.24) is 0 Å². The highest BCUT2D eigenvalue weighted by Crippen LogP contribution is 2.14. The smallest absolute Gasteiger partial charge is 0.306 e. The van der Waals surface area contributed by atoms with E-state index in [4.69, 9.17) is 14.2 Å². The molecule has 6 heteroatoms. The summed E-state index contributed by atoms with van der Waals surface area (Å²) in [5, 5.41) is 0. The van der Waals surface area contributed by atoms with Crippen LogP contribution in [-0.4, -0.2) is 37.2 Å². The van der Waals surface area contributed by atoms with Crippen molar-refractivity contribution >= 4 is 17.9 Å². The fourth-order valence-electron chi connectivity index (χ4n) is 7.94. The van der Waals surface area contributed by atoms with Gasteiger partial charge in [0.1, 0.15) is 13.2 Å². The fraction of sp³-hybridized carbons (Fsp3) is 0.614. The van der Waals surface area contributed by atoms with E-state index in [1.54, 1.807) is 0 Å². The lowest BCUT2D eigenvalue weighted by Crippen LogP contribution is -2.30. The quantitative estimate of drug-likeness (QED) is 0.0261. The normalized spacial score (nSPS) is 13.1. The number of hydrogen-bond donors (Lipinski definition) is 0. The average Bonchev–Trinajstić information content (AvgIpc) is 3.42. The molecule has 0 aliphatic heterocycles. The molecule has 0 radical (unpaired) electrons. The Bertz CT molecular complexity index is 1680. The molecule has 0 bridgehead atoms. The van der Waals surface area contributed by atoms with Crippen LogP contribution < -0.4 is 0 Å². The topological polar surface area (TPSA) is 78.9 Å². The van der Waals surface area contributed by atoms with E-state index in [1.807, 2.05) is 0 Å². The van der Waals surface area contributed by atoms with Crippen molar-refractivity contribution in [3.8, 4) is 0 Å². The lowest BCUT2D eigenvalue weighted by atomic mass is 10.1. The van der Waals surface area contributed by atoms with Gasteiger partial charge in [-0.25, -0.2) is 0 Å². The number of rotatable bonds is 54. The molecule has 0 heterocycles. The third kappa shape index (κ3) is 60.2. The summed E-state index contributed by atoms with van der Waals surface area (Å²) in [6.45, 7) is 6.41. The zero-order chi connectivity index (χ0) is 55.0. The molecule has 1 atom stereocenters. The summed E-state index contributed by atoms with van der Waals surface area (Å²) in [6.07, 6.45) is 89.9. The van der Waals surface area contributed by atoms with Crippen LogP contribution in [0.5, 0.6) is 0 Å². The molecule has 76 heavy (non-hydrogen) atoms. The van der Waals surface area contributed by atoms with Crippen LogP contribution in [0.15, 0.2) is 146 Å². The number of hydrogen-bond acceptors (Lipinski definition) is 6. The molecule has 0 aromatic heterocycles. The van der Waals surface area contributed by atoms with Crippen LogP contribution in [-0.2, 0) is 28.6 Å². The third-order valence-electron chi connectivity index (χ3n) is 12.5. The van der Waals surface area contributed by atoms with E-state index in [0.717, 1.165) is 128 Å². The van der Waals surface area contributed by atoms with Gasteiger partial charge >= 0.3 is 17.9 Å². The van der Waals surface area contributed by atoms with Gasteiger partial charge in [0, 0.05) is 19.3 Å². The molecule has 0 aromatic rings. The molecule has 1 unspecified atom stereocenters. The molecular formula is C70H112O6. The molecule has 0 fully saturated rings. The SMILES string of the molecule is CC/C=C\C/C=C\C/C=C\C/C=C\C/C=C\C/C=C\C/C=C\C/C=C\C/C=C\CCCC(=O)OCC(COC(=O)CCCCCCC/C=C\CCCCC)OC(=O)CCCCCCCCC/C=C\C/C=C\CCCCC. The van der Waals surface area contributed by atoms with Crippen molar-refractivity contribution in [2.75, 3.05) is 13.2 Å². The van der Waals surface area contributed by atoms with Crippen molar-refractivity contribution in [3.63, 3.8) is 0 Å². The molecule has 0 aliphatic carbocycles. The maximum Gasteiger partial charge on any atom is 0.306 e. The Morgan fingerprint density at radius 2 is 0.526 bits per heavy atom. The monoisotopic (exact) mass is 1050 g/mol. The van der Waals surface area contributed by atoms with Gasteiger partial charge < -0.3 is 14.2 Å².